The molecular weight excluding hydrogens is 229 g/mol. The van der Waals surface area contributed by atoms with Crippen molar-refractivity contribution in [3.8, 4) is 0 Å². The van der Waals surface area contributed by atoms with Crippen LogP contribution in [0.25, 0.3) is 0 Å². The number of aliphatic hydroxyl groups excluding tert-OH is 2. The smallest absolute Gasteiger partial charge is 0.340 e. The summed E-state index contributed by atoms with van der Waals surface area (Å²) in [5.41, 5.74) is 4.67. The number of hydrogen-bond acceptors (Lipinski definition) is 5. The number of esters is 1. The van der Waals surface area contributed by atoms with Crippen LogP contribution in [-0.4, -0.2) is 35.9 Å². The minimum Gasteiger partial charge on any atom is -0.465 e. The minimum atomic E-state index is -1.48. The fourth-order valence-corrected chi connectivity index (χ4v) is 1.38. The third kappa shape index (κ3) is 2.79. The molecule has 0 aliphatic rings. The number of hydrogen-bond donors (Lipinski definition) is 3. The number of benzene rings is 1. The van der Waals surface area contributed by atoms with Crippen molar-refractivity contribution in [3.63, 3.8) is 0 Å². The molecule has 0 aliphatic heterocycles. The minimum absolute atomic E-state index is 0.189. The lowest BCUT2D eigenvalue weighted by Gasteiger charge is -2.17. The Morgan fingerprint density at radius 2 is 2.18 bits per heavy atom. The van der Waals surface area contributed by atoms with Crippen molar-refractivity contribution in [2.24, 2.45) is 5.73 Å². The highest BCUT2D eigenvalue weighted by Crippen LogP contribution is 2.22. The van der Waals surface area contributed by atoms with Crippen LogP contribution in [0.2, 0.25) is 0 Å². The molecule has 1 rings (SSSR count). The quantitative estimate of drug-likeness (QED) is 0.645. The van der Waals surface area contributed by atoms with Gasteiger partial charge in [0, 0.05) is 12.1 Å². The van der Waals surface area contributed by atoms with Crippen molar-refractivity contribution >= 4 is 5.97 Å². The average Bonchev–Trinajstić information content (AvgIpc) is 2.36. The Balaban J connectivity index is 3.14. The van der Waals surface area contributed by atoms with E-state index in [9.17, 15) is 19.4 Å². The van der Waals surface area contributed by atoms with E-state index in [1.807, 2.05) is 0 Å². The monoisotopic (exact) mass is 243 g/mol. The van der Waals surface area contributed by atoms with E-state index in [-0.39, 0.29) is 17.7 Å². The van der Waals surface area contributed by atoms with E-state index in [0.29, 0.717) is 0 Å². The number of nitrogens with two attached hydrogens (primary N) is 1. The van der Waals surface area contributed by atoms with Gasteiger partial charge in [-0.2, -0.15) is 0 Å². The molecular formula is C11H14FNO4. The molecule has 2 unspecified atom stereocenters. The molecule has 0 aliphatic carbocycles. The second-order valence-corrected chi connectivity index (χ2v) is 3.45. The van der Waals surface area contributed by atoms with Crippen LogP contribution in [0.15, 0.2) is 18.2 Å². The third-order valence-corrected chi connectivity index (χ3v) is 2.36. The van der Waals surface area contributed by atoms with Gasteiger partial charge in [0.05, 0.1) is 18.8 Å². The van der Waals surface area contributed by atoms with Gasteiger partial charge in [0.2, 0.25) is 0 Å². The van der Waals surface area contributed by atoms with E-state index < -0.39 is 24.0 Å². The summed E-state index contributed by atoms with van der Waals surface area (Å²) >= 11 is 0. The van der Waals surface area contributed by atoms with Gasteiger partial charge >= 0.3 is 5.97 Å². The zero-order valence-electron chi connectivity index (χ0n) is 9.26. The molecule has 17 heavy (non-hydrogen) atoms. The van der Waals surface area contributed by atoms with Gasteiger partial charge in [0.1, 0.15) is 11.9 Å². The average molecular weight is 243 g/mol. The Morgan fingerprint density at radius 3 is 2.71 bits per heavy atom. The summed E-state index contributed by atoms with van der Waals surface area (Å²) in [7, 11) is 1.12. The predicted molar refractivity (Wildman–Crippen MR) is 57.8 cm³/mol. The Labute approximate surface area is 97.6 Å². The molecule has 0 saturated heterocycles. The molecule has 5 nitrogen and oxygen atoms in total. The lowest BCUT2D eigenvalue weighted by atomic mass is 10.0. The topological polar surface area (TPSA) is 92.8 Å². The lowest BCUT2D eigenvalue weighted by Crippen LogP contribution is -2.28. The van der Waals surface area contributed by atoms with Crippen LogP contribution in [0, 0.1) is 5.82 Å². The first-order valence-corrected chi connectivity index (χ1v) is 4.95. The molecule has 1 aromatic carbocycles. The molecule has 0 radical (unpaired) electrons. The largest absolute Gasteiger partial charge is 0.465 e. The Bertz CT molecular complexity index is 410. The summed E-state index contributed by atoms with van der Waals surface area (Å²) in [6.45, 7) is -0.219. The van der Waals surface area contributed by atoms with E-state index >= 15 is 0 Å². The molecule has 6 heteroatoms. The number of carbonyl (C=O) groups excluding carboxylic acids is 1. The first-order valence-electron chi connectivity index (χ1n) is 4.95. The number of halogens is 1. The molecule has 4 N–H and O–H groups in total. The maximum absolute atomic E-state index is 13.8. The lowest BCUT2D eigenvalue weighted by molar-refractivity contribution is 0.0219. The van der Waals surface area contributed by atoms with E-state index in [1.54, 1.807) is 0 Å². The van der Waals surface area contributed by atoms with Gasteiger partial charge in [-0.3, -0.25) is 0 Å². The fourth-order valence-electron chi connectivity index (χ4n) is 1.38. The first kappa shape index (κ1) is 13.6. The number of carbonyl (C=O) groups is 1. The van der Waals surface area contributed by atoms with E-state index in [4.69, 9.17) is 5.73 Å². The summed E-state index contributed by atoms with van der Waals surface area (Å²) in [6, 6.07) is 3.88. The van der Waals surface area contributed by atoms with Gasteiger partial charge < -0.3 is 20.7 Å². The first-order chi connectivity index (χ1) is 8.02. The van der Waals surface area contributed by atoms with Crippen molar-refractivity contribution in [2.75, 3.05) is 13.7 Å². The van der Waals surface area contributed by atoms with Gasteiger partial charge in [-0.05, 0) is 6.07 Å². The van der Waals surface area contributed by atoms with Crippen molar-refractivity contribution in [1.29, 1.82) is 0 Å². The molecule has 1 aromatic rings. The number of rotatable bonds is 4. The van der Waals surface area contributed by atoms with Gasteiger partial charge in [-0.15, -0.1) is 0 Å². The van der Waals surface area contributed by atoms with Crippen LogP contribution >= 0.6 is 0 Å². The zero-order valence-corrected chi connectivity index (χ0v) is 9.26. The van der Waals surface area contributed by atoms with Crippen LogP contribution in [-0.2, 0) is 4.74 Å². The molecule has 2 atom stereocenters. The third-order valence-electron chi connectivity index (χ3n) is 2.36. The van der Waals surface area contributed by atoms with Crippen LogP contribution in [0.3, 0.4) is 0 Å². The van der Waals surface area contributed by atoms with E-state index in [2.05, 4.69) is 4.74 Å². The summed E-state index contributed by atoms with van der Waals surface area (Å²) < 4.78 is 18.2. The van der Waals surface area contributed by atoms with Crippen LogP contribution in [0.5, 0.6) is 0 Å². The molecule has 0 saturated carbocycles. The molecule has 0 fully saturated rings. The maximum atomic E-state index is 13.8. The van der Waals surface area contributed by atoms with E-state index in [0.717, 1.165) is 7.11 Å². The maximum Gasteiger partial charge on any atom is 0.340 e. The molecule has 0 amide bonds. The zero-order chi connectivity index (χ0) is 13.0. The normalized spacial score (nSPS) is 14.2. The van der Waals surface area contributed by atoms with Gasteiger partial charge in [-0.25, -0.2) is 9.18 Å². The number of methoxy groups -OCH3 is 1. The van der Waals surface area contributed by atoms with Crippen LogP contribution < -0.4 is 5.73 Å². The van der Waals surface area contributed by atoms with Crippen molar-refractivity contribution < 1.29 is 24.1 Å². The standard InChI is InChI=1S/C11H14FNO4/c1-17-11(16)7-4-2-3-6(9(7)12)10(15)8(14)5-13/h2-4,8,10,14-15H,5,13H2,1H3. The highest BCUT2D eigenvalue weighted by Gasteiger charge is 2.24. The SMILES string of the molecule is COC(=O)c1cccc(C(O)C(O)CN)c1F. The Hall–Kier alpha value is -1.50. The van der Waals surface area contributed by atoms with Crippen molar-refractivity contribution in [2.45, 2.75) is 12.2 Å². The molecule has 0 bridgehead atoms. The Morgan fingerprint density at radius 1 is 1.53 bits per heavy atom. The summed E-state index contributed by atoms with van der Waals surface area (Å²) in [6.07, 6.45) is -2.78. The molecule has 0 heterocycles. The molecule has 0 spiro atoms. The summed E-state index contributed by atoms with van der Waals surface area (Å²) in [5, 5.41) is 19.0. The molecule has 94 valence electrons. The van der Waals surface area contributed by atoms with Gasteiger partial charge in [0.15, 0.2) is 0 Å². The van der Waals surface area contributed by atoms with Gasteiger partial charge in [-0.1, -0.05) is 12.1 Å². The summed E-state index contributed by atoms with van der Waals surface area (Å²) in [5.74, 6) is -1.77. The summed E-state index contributed by atoms with van der Waals surface area (Å²) in [4.78, 5) is 11.2. The second-order valence-electron chi connectivity index (χ2n) is 3.45. The Kier molecular flexibility index (Phi) is 4.56. The van der Waals surface area contributed by atoms with E-state index in [1.165, 1.54) is 18.2 Å². The van der Waals surface area contributed by atoms with Crippen LogP contribution in [0.4, 0.5) is 4.39 Å². The second kappa shape index (κ2) is 5.72. The predicted octanol–water partition coefficient (Wildman–Crippen LogP) is -0.0347. The van der Waals surface area contributed by atoms with Crippen LogP contribution in [0.1, 0.15) is 22.0 Å². The number of ether oxygens (including phenoxy) is 1. The van der Waals surface area contributed by atoms with Crippen molar-refractivity contribution in [3.05, 3.63) is 35.1 Å². The molecule has 0 aromatic heterocycles. The fraction of sp³-hybridized carbons (Fsp3) is 0.364. The highest BCUT2D eigenvalue weighted by atomic mass is 19.1. The van der Waals surface area contributed by atoms with Crippen molar-refractivity contribution in [1.82, 2.24) is 0 Å². The van der Waals surface area contributed by atoms with Gasteiger partial charge in [0.25, 0.3) is 0 Å². The highest BCUT2D eigenvalue weighted by molar-refractivity contribution is 5.89. The number of aliphatic hydroxyl groups is 2.